The van der Waals surface area contributed by atoms with E-state index in [1.54, 1.807) is 23.5 Å². The van der Waals surface area contributed by atoms with Crippen LogP contribution in [0.15, 0.2) is 12.1 Å². The molecule has 1 atom stereocenters. The summed E-state index contributed by atoms with van der Waals surface area (Å²) in [6.07, 6.45) is 0. The normalized spacial score (nSPS) is 12.3. The molecule has 0 saturated carbocycles. The number of esters is 1. The predicted octanol–water partition coefficient (Wildman–Crippen LogP) is 3.55. The van der Waals surface area contributed by atoms with Crippen molar-refractivity contribution in [2.75, 3.05) is 18.2 Å². The van der Waals surface area contributed by atoms with Gasteiger partial charge in [0, 0.05) is 24.2 Å². The summed E-state index contributed by atoms with van der Waals surface area (Å²) in [7, 11) is 1.25. The molecular formula is C18H23N3O5S3. The van der Waals surface area contributed by atoms with Crippen LogP contribution >= 0.6 is 35.3 Å². The number of benzene rings is 1. The number of anilines is 1. The maximum absolute atomic E-state index is 11.8. The molecule has 0 aliphatic carbocycles. The third kappa shape index (κ3) is 6.26. The van der Waals surface area contributed by atoms with Crippen molar-refractivity contribution in [1.29, 1.82) is 0 Å². The van der Waals surface area contributed by atoms with E-state index >= 15 is 0 Å². The molecule has 1 unspecified atom stereocenters. The monoisotopic (exact) mass is 457 g/mol. The van der Waals surface area contributed by atoms with Crippen molar-refractivity contribution in [3.63, 3.8) is 0 Å². The van der Waals surface area contributed by atoms with Gasteiger partial charge in [-0.1, -0.05) is 44.8 Å². The molecule has 1 heterocycles. The smallest absolute Gasteiger partial charge is 0.329 e. The fraction of sp³-hybridized carbons (Fsp3) is 0.444. The van der Waals surface area contributed by atoms with Gasteiger partial charge in [0.15, 0.2) is 5.75 Å². The topological polar surface area (TPSA) is 110 Å². The first-order valence-corrected chi connectivity index (χ1v) is 10.8. The maximum Gasteiger partial charge on any atom is 0.329 e. The summed E-state index contributed by atoms with van der Waals surface area (Å²) in [5, 5.41) is 15.7. The van der Waals surface area contributed by atoms with E-state index in [-0.39, 0.29) is 22.8 Å². The summed E-state index contributed by atoms with van der Waals surface area (Å²) in [4.78, 5) is 32.1. The Bertz CT molecular complexity index is 923. The molecule has 2 aromatic rings. The zero-order chi connectivity index (χ0) is 21.8. The van der Waals surface area contributed by atoms with Gasteiger partial charge >= 0.3 is 5.97 Å². The number of nitrogens with one attached hydrogen (secondary N) is 2. The van der Waals surface area contributed by atoms with Gasteiger partial charge in [-0.25, -0.2) is 15.0 Å². The van der Waals surface area contributed by atoms with Crippen LogP contribution in [0.3, 0.4) is 0 Å². The summed E-state index contributed by atoms with van der Waals surface area (Å²) >= 11 is 8.03. The highest BCUT2D eigenvalue weighted by Crippen LogP contribution is 2.37. The van der Waals surface area contributed by atoms with E-state index in [0.29, 0.717) is 15.5 Å². The van der Waals surface area contributed by atoms with E-state index in [1.165, 1.54) is 14.0 Å². The Morgan fingerprint density at radius 1 is 1.38 bits per heavy atom. The van der Waals surface area contributed by atoms with E-state index in [0.717, 1.165) is 21.5 Å². The van der Waals surface area contributed by atoms with E-state index in [2.05, 4.69) is 46.0 Å². The summed E-state index contributed by atoms with van der Waals surface area (Å²) in [6, 6.07) is 2.60. The zero-order valence-electron chi connectivity index (χ0n) is 16.7. The highest BCUT2D eigenvalue weighted by molar-refractivity contribution is 8.23. The van der Waals surface area contributed by atoms with Crippen molar-refractivity contribution < 1.29 is 24.5 Å². The first-order chi connectivity index (χ1) is 13.5. The van der Waals surface area contributed by atoms with E-state index in [4.69, 9.17) is 12.2 Å². The largest absolute Gasteiger partial charge is 0.467 e. The number of hydrogen-bond acceptors (Lipinski definition) is 9. The number of fused-ring (bicyclic) bond motifs is 1. The van der Waals surface area contributed by atoms with Crippen molar-refractivity contribution in [2.45, 2.75) is 39.2 Å². The molecule has 1 aromatic heterocycles. The number of methoxy groups -OCH3 is 1. The molecule has 0 radical (unpaired) electrons. The average Bonchev–Trinajstić information content (AvgIpc) is 3.06. The molecule has 158 valence electrons. The number of carbonyl (C=O) groups excluding carboxylic acids is 2. The fourth-order valence-electron chi connectivity index (χ4n) is 2.31. The molecule has 0 spiro atoms. The van der Waals surface area contributed by atoms with Crippen LogP contribution in [0.1, 0.15) is 32.7 Å². The van der Waals surface area contributed by atoms with Gasteiger partial charge in [0.05, 0.1) is 28.0 Å². The van der Waals surface area contributed by atoms with Crippen LogP contribution in [0.5, 0.6) is 5.75 Å². The average molecular weight is 458 g/mol. The highest BCUT2D eigenvalue weighted by Gasteiger charge is 2.22. The van der Waals surface area contributed by atoms with E-state index < -0.39 is 12.0 Å². The molecule has 3 N–H and O–H groups in total. The Kier molecular flexibility index (Phi) is 7.80. The van der Waals surface area contributed by atoms with Crippen LogP contribution in [0.4, 0.5) is 5.69 Å². The molecule has 8 nitrogen and oxygen atoms in total. The standard InChI is InChI=1S/C18H23N3O5S3/c1-9(22)19-12(15(23)25-5)8-28-17(27)21-10-7-14-11(6-13(10)26-24)20-16(29-14)18(2,3)4/h6-7,12,24H,8H2,1-5H3,(H,19,22)(H,21,27). The molecule has 2 rings (SSSR count). The Morgan fingerprint density at radius 3 is 2.62 bits per heavy atom. The number of ether oxygens (including phenoxy) is 1. The SMILES string of the molecule is COC(=O)C(CSC(=S)Nc1cc2sc(C(C)(C)C)nc2cc1OO)NC(C)=O. The van der Waals surface area contributed by atoms with Crippen LogP contribution in [-0.2, 0) is 19.7 Å². The lowest BCUT2D eigenvalue weighted by Crippen LogP contribution is -2.42. The fourth-order valence-corrected chi connectivity index (χ4v) is 4.39. The molecule has 0 saturated heterocycles. The Labute approximate surface area is 182 Å². The number of thiocarbonyl (C=S) groups is 1. The number of amides is 1. The van der Waals surface area contributed by atoms with Crippen LogP contribution in [0, 0.1) is 0 Å². The van der Waals surface area contributed by atoms with Gasteiger partial charge in [-0.05, 0) is 6.07 Å². The summed E-state index contributed by atoms with van der Waals surface area (Å²) in [5.74, 6) is -0.543. The summed E-state index contributed by atoms with van der Waals surface area (Å²) < 4.78 is 5.94. The number of carbonyl (C=O) groups is 2. The van der Waals surface area contributed by atoms with Gasteiger partial charge in [0.1, 0.15) is 10.4 Å². The highest BCUT2D eigenvalue weighted by atomic mass is 32.2. The summed E-state index contributed by atoms with van der Waals surface area (Å²) in [6.45, 7) is 7.54. The van der Waals surface area contributed by atoms with Gasteiger partial charge < -0.3 is 20.3 Å². The zero-order valence-corrected chi connectivity index (χ0v) is 19.1. The lowest BCUT2D eigenvalue weighted by molar-refractivity contribution is -0.144. The van der Waals surface area contributed by atoms with Gasteiger partial charge in [-0.15, -0.1) is 11.3 Å². The molecular weight excluding hydrogens is 434 g/mol. The van der Waals surface area contributed by atoms with E-state index in [1.807, 2.05) is 0 Å². The second-order valence-corrected chi connectivity index (χ2v) is 9.90. The predicted molar refractivity (Wildman–Crippen MR) is 120 cm³/mol. The lowest BCUT2D eigenvalue weighted by Gasteiger charge is -2.16. The Balaban J connectivity index is 2.16. The first-order valence-electron chi connectivity index (χ1n) is 8.60. The number of hydrogen-bond donors (Lipinski definition) is 3. The van der Waals surface area contributed by atoms with Gasteiger partial charge in [0.25, 0.3) is 0 Å². The molecule has 0 aliphatic rings. The van der Waals surface area contributed by atoms with Crippen molar-refractivity contribution in [3.8, 4) is 5.75 Å². The quantitative estimate of drug-likeness (QED) is 0.260. The molecule has 1 amide bonds. The lowest BCUT2D eigenvalue weighted by atomic mass is 9.98. The minimum atomic E-state index is -0.825. The molecule has 0 fully saturated rings. The third-order valence-corrected chi connectivity index (χ3v) is 6.47. The second kappa shape index (κ2) is 9.70. The second-order valence-electron chi connectivity index (χ2n) is 7.18. The van der Waals surface area contributed by atoms with Crippen LogP contribution < -0.4 is 15.5 Å². The van der Waals surface area contributed by atoms with Gasteiger partial charge in [-0.3, -0.25) is 4.79 Å². The number of nitrogens with zero attached hydrogens (tertiary/aromatic N) is 1. The van der Waals surface area contributed by atoms with Crippen LogP contribution in [-0.4, -0.2) is 45.3 Å². The number of aromatic nitrogens is 1. The number of rotatable bonds is 6. The van der Waals surface area contributed by atoms with Crippen molar-refractivity contribution in [2.24, 2.45) is 0 Å². The van der Waals surface area contributed by atoms with Crippen molar-refractivity contribution in [1.82, 2.24) is 10.3 Å². The number of thiazole rings is 1. The minimum absolute atomic E-state index is 0.102. The third-order valence-electron chi connectivity index (χ3n) is 3.71. The number of thioether (sulfide) groups is 1. The van der Waals surface area contributed by atoms with Crippen molar-refractivity contribution in [3.05, 3.63) is 17.1 Å². The molecule has 0 aliphatic heterocycles. The van der Waals surface area contributed by atoms with Crippen molar-refractivity contribution >= 4 is 67.4 Å². The Hall–Kier alpha value is -1.95. The molecule has 1 aromatic carbocycles. The molecule has 0 bridgehead atoms. The summed E-state index contributed by atoms with van der Waals surface area (Å²) in [5.41, 5.74) is 1.08. The first kappa shape index (κ1) is 23.3. The van der Waals surface area contributed by atoms with E-state index in [9.17, 15) is 14.8 Å². The van der Waals surface area contributed by atoms with Gasteiger partial charge in [0.2, 0.25) is 5.91 Å². The molecule has 29 heavy (non-hydrogen) atoms. The van der Waals surface area contributed by atoms with Crippen LogP contribution in [0.2, 0.25) is 0 Å². The minimum Gasteiger partial charge on any atom is -0.467 e. The van der Waals surface area contributed by atoms with Gasteiger partial charge in [-0.2, -0.15) is 0 Å². The Morgan fingerprint density at radius 2 is 2.07 bits per heavy atom. The maximum atomic E-state index is 11.8. The molecule has 11 heteroatoms. The van der Waals surface area contributed by atoms with Crippen LogP contribution in [0.25, 0.3) is 10.2 Å².